The molecule has 0 spiro atoms. The third-order valence-corrected chi connectivity index (χ3v) is 4.04. The number of hydrogen-bond donors (Lipinski definition) is 1. The first-order valence-corrected chi connectivity index (χ1v) is 5.83. The Morgan fingerprint density at radius 3 is 2.19 bits per heavy atom. The third kappa shape index (κ3) is 1.57. The minimum atomic E-state index is -1.25. The molecule has 1 aliphatic rings. The fourth-order valence-electron chi connectivity index (χ4n) is 1.78. The van der Waals surface area contributed by atoms with Gasteiger partial charge < -0.3 is 5.73 Å². The molecule has 0 atom stereocenters. The molecule has 16 heavy (non-hydrogen) atoms. The SMILES string of the molecule is NCC1(c2c(F)c(F)c(Br)c(F)c2Cl)CC1. The van der Waals surface area contributed by atoms with E-state index in [-0.39, 0.29) is 17.1 Å². The normalized spacial score (nSPS) is 17.6. The van der Waals surface area contributed by atoms with E-state index >= 15 is 0 Å². The van der Waals surface area contributed by atoms with Gasteiger partial charge in [0, 0.05) is 17.5 Å². The molecule has 0 radical (unpaired) electrons. The zero-order chi connectivity index (χ0) is 12.1. The number of benzene rings is 1. The van der Waals surface area contributed by atoms with Crippen LogP contribution in [-0.4, -0.2) is 6.54 Å². The highest BCUT2D eigenvalue weighted by Crippen LogP contribution is 2.52. The molecule has 1 aliphatic carbocycles. The zero-order valence-corrected chi connectivity index (χ0v) is 10.4. The summed E-state index contributed by atoms with van der Waals surface area (Å²) in [4.78, 5) is 0. The highest BCUT2D eigenvalue weighted by atomic mass is 79.9. The monoisotopic (exact) mass is 313 g/mol. The van der Waals surface area contributed by atoms with Crippen LogP contribution < -0.4 is 5.73 Å². The molecule has 0 aliphatic heterocycles. The van der Waals surface area contributed by atoms with Gasteiger partial charge in [0.25, 0.3) is 0 Å². The maximum absolute atomic E-state index is 13.7. The van der Waals surface area contributed by atoms with Crippen LogP contribution in [0.2, 0.25) is 5.02 Å². The van der Waals surface area contributed by atoms with E-state index in [1.54, 1.807) is 0 Å². The van der Waals surface area contributed by atoms with Crippen molar-refractivity contribution in [3.8, 4) is 0 Å². The van der Waals surface area contributed by atoms with Crippen LogP contribution >= 0.6 is 27.5 Å². The second-order valence-electron chi connectivity index (χ2n) is 3.93. The molecule has 0 heterocycles. The van der Waals surface area contributed by atoms with Crippen molar-refractivity contribution in [1.82, 2.24) is 0 Å². The molecule has 1 aromatic carbocycles. The number of halogens is 5. The summed E-state index contributed by atoms with van der Waals surface area (Å²) in [7, 11) is 0. The molecule has 88 valence electrons. The summed E-state index contributed by atoms with van der Waals surface area (Å²) in [5, 5.41) is -0.381. The van der Waals surface area contributed by atoms with Crippen LogP contribution in [0.1, 0.15) is 18.4 Å². The van der Waals surface area contributed by atoms with E-state index < -0.39 is 27.3 Å². The van der Waals surface area contributed by atoms with Crippen LogP contribution in [0, 0.1) is 17.5 Å². The molecule has 0 saturated heterocycles. The quantitative estimate of drug-likeness (QED) is 0.656. The highest BCUT2D eigenvalue weighted by molar-refractivity contribution is 9.10. The predicted molar refractivity (Wildman–Crippen MR) is 59.0 cm³/mol. The fourth-order valence-corrected chi connectivity index (χ4v) is 2.64. The Morgan fingerprint density at radius 1 is 1.19 bits per heavy atom. The average Bonchev–Trinajstić information content (AvgIpc) is 3.05. The van der Waals surface area contributed by atoms with Gasteiger partial charge in [0.1, 0.15) is 0 Å². The van der Waals surface area contributed by atoms with Gasteiger partial charge in [0.05, 0.1) is 9.50 Å². The Hall–Kier alpha value is -0.260. The van der Waals surface area contributed by atoms with Gasteiger partial charge in [0.2, 0.25) is 0 Å². The first kappa shape index (κ1) is 12.2. The smallest absolute Gasteiger partial charge is 0.176 e. The largest absolute Gasteiger partial charge is 0.330 e. The summed E-state index contributed by atoms with van der Waals surface area (Å²) >= 11 is 8.33. The first-order valence-electron chi connectivity index (χ1n) is 4.66. The van der Waals surface area contributed by atoms with Crippen molar-refractivity contribution in [2.24, 2.45) is 5.73 Å². The van der Waals surface area contributed by atoms with Crippen molar-refractivity contribution >= 4 is 27.5 Å². The van der Waals surface area contributed by atoms with E-state index in [0.29, 0.717) is 12.8 Å². The Kier molecular flexibility index (Phi) is 2.97. The summed E-state index contributed by atoms with van der Waals surface area (Å²) in [5.74, 6) is -3.34. The van der Waals surface area contributed by atoms with Crippen molar-refractivity contribution in [2.75, 3.05) is 6.54 Å². The Morgan fingerprint density at radius 2 is 1.75 bits per heavy atom. The molecule has 2 rings (SSSR count). The Labute approximate surface area is 104 Å². The van der Waals surface area contributed by atoms with Crippen molar-refractivity contribution in [3.63, 3.8) is 0 Å². The van der Waals surface area contributed by atoms with E-state index in [1.165, 1.54) is 0 Å². The maximum Gasteiger partial charge on any atom is 0.176 e. The second-order valence-corrected chi connectivity index (χ2v) is 5.10. The third-order valence-electron chi connectivity index (χ3n) is 2.98. The average molecular weight is 315 g/mol. The van der Waals surface area contributed by atoms with Gasteiger partial charge in [-0.3, -0.25) is 0 Å². The fraction of sp³-hybridized carbons (Fsp3) is 0.400. The standard InChI is InChI=1S/C10H8BrClF3N/c11-5-8(14)6(12)4(7(13)9(5)15)10(3-16)1-2-10/h1-3,16H2. The molecule has 0 amide bonds. The molecule has 0 aromatic heterocycles. The van der Waals surface area contributed by atoms with E-state index in [9.17, 15) is 13.2 Å². The summed E-state index contributed by atoms with van der Waals surface area (Å²) in [6.07, 6.45) is 1.20. The molecule has 2 N–H and O–H groups in total. The van der Waals surface area contributed by atoms with Crippen LogP contribution in [0.5, 0.6) is 0 Å². The number of hydrogen-bond acceptors (Lipinski definition) is 1. The summed E-state index contributed by atoms with van der Waals surface area (Å²) in [5.41, 5.74) is 4.67. The molecule has 1 aromatic rings. The van der Waals surface area contributed by atoms with Gasteiger partial charge in [-0.05, 0) is 28.8 Å². The van der Waals surface area contributed by atoms with Gasteiger partial charge in [-0.1, -0.05) is 11.6 Å². The van der Waals surface area contributed by atoms with Crippen LogP contribution in [-0.2, 0) is 5.41 Å². The predicted octanol–water partition coefficient (Wildman–Crippen LogP) is 3.51. The summed E-state index contributed by atoms with van der Waals surface area (Å²) < 4.78 is 40.0. The van der Waals surface area contributed by atoms with Crippen molar-refractivity contribution in [1.29, 1.82) is 0 Å². The molecular weight excluding hydrogens is 306 g/mol. The molecular formula is C10H8BrClF3N. The lowest BCUT2D eigenvalue weighted by molar-refractivity contribution is 0.465. The lowest BCUT2D eigenvalue weighted by Gasteiger charge is -2.17. The zero-order valence-electron chi connectivity index (χ0n) is 8.09. The van der Waals surface area contributed by atoms with Crippen LogP contribution in [0.3, 0.4) is 0 Å². The molecule has 0 unspecified atom stereocenters. The topological polar surface area (TPSA) is 26.0 Å². The van der Waals surface area contributed by atoms with Gasteiger partial charge in [-0.15, -0.1) is 0 Å². The molecule has 1 fully saturated rings. The lowest BCUT2D eigenvalue weighted by atomic mass is 9.95. The molecule has 0 bridgehead atoms. The van der Waals surface area contributed by atoms with Crippen LogP contribution in [0.15, 0.2) is 4.47 Å². The molecule has 6 heteroatoms. The Balaban J connectivity index is 2.71. The van der Waals surface area contributed by atoms with Crippen molar-refractivity contribution in [3.05, 3.63) is 32.5 Å². The second kappa shape index (κ2) is 3.89. The van der Waals surface area contributed by atoms with E-state index in [2.05, 4.69) is 15.9 Å². The van der Waals surface area contributed by atoms with Crippen LogP contribution in [0.4, 0.5) is 13.2 Å². The van der Waals surface area contributed by atoms with Crippen molar-refractivity contribution in [2.45, 2.75) is 18.3 Å². The van der Waals surface area contributed by atoms with Gasteiger partial charge in [0.15, 0.2) is 17.5 Å². The Bertz CT molecular complexity index is 431. The van der Waals surface area contributed by atoms with E-state index in [1.807, 2.05) is 0 Å². The maximum atomic E-state index is 13.7. The van der Waals surface area contributed by atoms with Crippen LogP contribution in [0.25, 0.3) is 0 Å². The first-order chi connectivity index (χ1) is 7.44. The summed E-state index contributed by atoms with van der Waals surface area (Å²) in [6, 6.07) is 0. The van der Waals surface area contributed by atoms with Crippen molar-refractivity contribution < 1.29 is 13.2 Å². The lowest BCUT2D eigenvalue weighted by Crippen LogP contribution is -2.23. The van der Waals surface area contributed by atoms with Gasteiger partial charge in [-0.25, -0.2) is 13.2 Å². The summed E-state index contributed by atoms with van der Waals surface area (Å²) in [6.45, 7) is 0.129. The molecule has 1 saturated carbocycles. The minimum absolute atomic E-state index is 0.129. The van der Waals surface area contributed by atoms with Gasteiger partial charge >= 0.3 is 0 Å². The van der Waals surface area contributed by atoms with E-state index in [0.717, 1.165) is 0 Å². The molecule has 1 nitrogen and oxygen atoms in total. The minimum Gasteiger partial charge on any atom is -0.330 e. The number of rotatable bonds is 2. The van der Waals surface area contributed by atoms with E-state index in [4.69, 9.17) is 17.3 Å². The number of nitrogens with two attached hydrogens (primary N) is 1. The highest BCUT2D eigenvalue weighted by Gasteiger charge is 2.48. The van der Waals surface area contributed by atoms with Gasteiger partial charge in [-0.2, -0.15) is 0 Å².